The fourth-order valence-electron chi connectivity index (χ4n) is 4.58. The Kier molecular flexibility index (Phi) is 7.85. The number of aryl methyl sites for hydroxylation is 1. The second-order valence-electron chi connectivity index (χ2n) is 8.62. The van der Waals surface area contributed by atoms with Gasteiger partial charge in [0, 0.05) is 11.8 Å². The van der Waals surface area contributed by atoms with E-state index in [9.17, 15) is 14.7 Å². The molecule has 1 aliphatic rings. The number of likely N-dealkylation sites (tertiary alicyclic amines) is 1. The molecule has 1 fully saturated rings. The molecule has 0 spiro atoms. The van der Waals surface area contributed by atoms with Gasteiger partial charge in [-0.3, -0.25) is 14.6 Å². The van der Waals surface area contributed by atoms with Crippen LogP contribution < -0.4 is 18.9 Å². The number of carbonyl (C=O) groups excluding carboxylic acids is 2. The highest BCUT2D eigenvalue weighted by Crippen LogP contribution is 2.46. The Morgan fingerprint density at radius 2 is 1.68 bits per heavy atom. The van der Waals surface area contributed by atoms with Crippen molar-refractivity contribution in [2.75, 3.05) is 27.9 Å². The molecule has 0 aliphatic carbocycles. The molecule has 0 radical (unpaired) electrons. The number of Topliss-reactive ketones (excluding diaryl/α,β-unsaturated/α-hetero) is 1. The van der Waals surface area contributed by atoms with E-state index in [0.29, 0.717) is 46.4 Å². The number of rotatable bonds is 9. The SMILES string of the molecule is CCOc1ccc(/C(O)=C2\C(=O)C(=O)N(Cc3ccccn3)C2c2cc(OC)c(OC)c(OC)c2)cc1C. The quantitative estimate of drug-likeness (QED) is 0.252. The number of ketones is 1. The minimum Gasteiger partial charge on any atom is -0.507 e. The van der Waals surface area contributed by atoms with Gasteiger partial charge in [0.1, 0.15) is 11.5 Å². The number of aromatic nitrogens is 1. The van der Waals surface area contributed by atoms with Crippen molar-refractivity contribution in [3.63, 3.8) is 0 Å². The van der Waals surface area contributed by atoms with E-state index in [-0.39, 0.29) is 17.9 Å². The number of benzene rings is 2. The summed E-state index contributed by atoms with van der Waals surface area (Å²) in [5, 5.41) is 11.5. The van der Waals surface area contributed by atoms with Crippen LogP contribution in [0.2, 0.25) is 0 Å². The van der Waals surface area contributed by atoms with E-state index in [1.165, 1.54) is 26.2 Å². The number of aliphatic hydroxyl groups excluding tert-OH is 1. The first-order valence-corrected chi connectivity index (χ1v) is 12.1. The second-order valence-corrected chi connectivity index (χ2v) is 8.62. The monoisotopic (exact) mass is 518 g/mol. The number of methoxy groups -OCH3 is 3. The number of aliphatic hydroxyl groups is 1. The standard InChI is InChI=1S/C29H30N2O7/c1-6-38-21-11-10-18(13-17(21)2)26(32)24-25(19-14-22(35-3)28(37-5)23(15-19)36-4)31(29(34)27(24)33)16-20-9-7-8-12-30-20/h7-15,25,32H,6,16H2,1-5H3/b26-24+. The molecule has 1 aliphatic heterocycles. The predicted molar refractivity (Wildman–Crippen MR) is 141 cm³/mol. The summed E-state index contributed by atoms with van der Waals surface area (Å²) in [5.41, 5.74) is 2.20. The minimum absolute atomic E-state index is 0.0474. The number of amides is 1. The van der Waals surface area contributed by atoms with Crippen molar-refractivity contribution >= 4 is 17.4 Å². The lowest BCUT2D eigenvalue weighted by Crippen LogP contribution is -2.29. The third-order valence-electron chi connectivity index (χ3n) is 6.35. The third kappa shape index (κ3) is 4.87. The lowest BCUT2D eigenvalue weighted by Gasteiger charge is -2.26. The molecule has 1 saturated heterocycles. The summed E-state index contributed by atoms with van der Waals surface area (Å²) in [6.45, 7) is 4.27. The van der Waals surface area contributed by atoms with Gasteiger partial charge in [0.15, 0.2) is 11.5 Å². The van der Waals surface area contributed by atoms with Gasteiger partial charge >= 0.3 is 0 Å². The number of ether oxygens (including phenoxy) is 4. The maximum atomic E-state index is 13.4. The molecule has 1 N–H and O–H groups in total. The molecule has 0 saturated carbocycles. The maximum Gasteiger partial charge on any atom is 0.296 e. The summed E-state index contributed by atoms with van der Waals surface area (Å²) in [7, 11) is 4.45. The van der Waals surface area contributed by atoms with Crippen molar-refractivity contribution in [3.05, 3.63) is 82.7 Å². The van der Waals surface area contributed by atoms with Gasteiger partial charge in [0.2, 0.25) is 5.75 Å². The lowest BCUT2D eigenvalue weighted by molar-refractivity contribution is -0.140. The Hall–Kier alpha value is -4.53. The molecule has 1 aromatic heterocycles. The number of pyridine rings is 1. The fraction of sp³-hybridized carbons (Fsp3) is 0.276. The van der Waals surface area contributed by atoms with Crippen molar-refractivity contribution in [2.45, 2.75) is 26.4 Å². The zero-order valence-electron chi connectivity index (χ0n) is 22.0. The smallest absolute Gasteiger partial charge is 0.296 e. The summed E-state index contributed by atoms with van der Waals surface area (Å²) in [6.07, 6.45) is 1.61. The fourth-order valence-corrected chi connectivity index (χ4v) is 4.58. The predicted octanol–water partition coefficient (Wildman–Crippen LogP) is 4.44. The Labute approximate surface area is 221 Å². The molecular weight excluding hydrogens is 488 g/mol. The van der Waals surface area contributed by atoms with Crippen LogP contribution in [0.4, 0.5) is 0 Å². The molecule has 198 valence electrons. The van der Waals surface area contributed by atoms with Gasteiger partial charge in [-0.05, 0) is 67.4 Å². The zero-order valence-corrected chi connectivity index (χ0v) is 22.0. The van der Waals surface area contributed by atoms with Crippen molar-refractivity contribution in [1.29, 1.82) is 0 Å². The van der Waals surface area contributed by atoms with Crippen LogP contribution in [0.15, 0.2) is 60.3 Å². The summed E-state index contributed by atoms with van der Waals surface area (Å²) < 4.78 is 22.1. The van der Waals surface area contributed by atoms with E-state index >= 15 is 0 Å². The zero-order chi connectivity index (χ0) is 27.4. The van der Waals surface area contributed by atoms with Gasteiger partial charge in [-0.1, -0.05) is 6.07 Å². The molecule has 9 nitrogen and oxygen atoms in total. The van der Waals surface area contributed by atoms with Gasteiger partial charge in [0.25, 0.3) is 11.7 Å². The van der Waals surface area contributed by atoms with Crippen molar-refractivity contribution in [1.82, 2.24) is 9.88 Å². The normalized spacial score (nSPS) is 16.4. The van der Waals surface area contributed by atoms with Crippen LogP contribution in [0.5, 0.6) is 23.0 Å². The van der Waals surface area contributed by atoms with E-state index in [1.54, 1.807) is 54.7 Å². The average molecular weight is 519 g/mol. The third-order valence-corrected chi connectivity index (χ3v) is 6.35. The summed E-state index contributed by atoms with van der Waals surface area (Å²) in [4.78, 5) is 32.5. The van der Waals surface area contributed by atoms with Gasteiger partial charge in [-0.25, -0.2) is 0 Å². The molecule has 38 heavy (non-hydrogen) atoms. The molecule has 2 heterocycles. The average Bonchev–Trinajstić information content (AvgIpc) is 3.18. The minimum atomic E-state index is -0.947. The Balaban J connectivity index is 1.93. The van der Waals surface area contributed by atoms with E-state index < -0.39 is 17.7 Å². The summed E-state index contributed by atoms with van der Waals surface area (Å²) in [6, 6.07) is 12.8. The van der Waals surface area contributed by atoms with Crippen LogP contribution in [-0.2, 0) is 16.1 Å². The maximum absolute atomic E-state index is 13.4. The van der Waals surface area contributed by atoms with Crippen LogP contribution in [0.25, 0.3) is 5.76 Å². The van der Waals surface area contributed by atoms with Crippen LogP contribution in [0.3, 0.4) is 0 Å². The molecule has 3 aromatic rings. The van der Waals surface area contributed by atoms with Crippen LogP contribution in [0.1, 0.15) is 35.3 Å². The van der Waals surface area contributed by atoms with Crippen molar-refractivity contribution in [2.24, 2.45) is 0 Å². The molecule has 0 bridgehead atoms. The molecule has 1 unspecified atom stereocenters. The van der Waals surface area contributed by atoms with Gasteiger partial charge in [-0.15, -0.1) is 0 Å². The van der Waals surface area contributed by atoms with E-state index in [2.05, 4.69) is 4.98 Å². The highest BCUT2D eigenvalue weighted by atomic mass is 16.5. The number of carbonyl (C=O) groups is 2. The highest BCUT2D eigenvalue weighted by Gasteiger charge is 2.46. The number of hydrogen-bond donors (Lipinski definition) is 1. The topological polar surface area (TPSA) is 107 Å². The summed E-state index contributed by atoms with van der Waals surface area (Å²) in [5.74, 6) is -0.119. The first-order chi connectivity index (χ1) is 18.3. The molecule has 9 heteroatoms. The highest BCUT2D eigenvalue weighted by molar-refractivity contribution is 6.46. The van der Waals surface area contributed by atoms with Crippen LogP contribution in [-0.4, -0.2) is 54.6 Å². The van der Waals surface area contributed by atoms with E-state index in [1.807, 2.05) is 13.8 Å². The first-order valence-electron chi connectivity index (χ1n) is 12.1. The lowest BCUT2D eigenvalue weighted by atomic mass is 9.94. The number of hydrogen-bond acceptors (Lipinski definition) is 8. The largest absolute Gasteiger partial charge is 0.507 e. The molecule has 1 amide bonds. The van der Waals surface area contributed by atoms with Crippen molar-refractivity contribution < 1.29 is 33.6 Å². The Morgan fingerprint density at radius 1 is 0.974 bits per heavy atom. The number of nitrogens with zero attached hydrogens (tertiary/aromatic N) is 2. The van der Waals surface area contributed by atoms with Crippen LogP contribution in [0, 0.1) is 6.92 Å². The second kappa shape index (κ2) is 11.2. The van der Waals surface area contributed by atoms with Gasteiger partial charge < -0.3 is 29.0 Å². The molecule has 2 aromatic carbocycles. The molecule has 4 rings (SSSR count). The summed E-state index contributed by atoms with van der Waals surface area (Å²) >= 11 is 0. The molecule has 1 atom stereocenters. The van der Waals surface area contributed by atoms with Crippen LogP contribution >= 0.6 is 0 Å². The first kappa shape index (κ1) is 26.5. The van der Waals surface area contributed by atoms with E-state index in [4.69, 9.17) is 18.9 Å². The Morgan fingerprint density at radius 3 is 2.24 bits per heavy atom. The van der Waals surface area contributed by atoms with E-state index in [0.717, 1.165) is 5.56 Å². The Bertz CT molecular complexity index is 1360. The molecular formula is C29H30N2O7. The van der Waals surface area contributed by atoms with Gasteiger partial charge in [-0.2, -0.15) is 0 Å². The van der Waals surface area contributed by atoms with Crippen molar-refractivity contribution in [3.8, 4) is 23.0 Å². The van der Waals surface area contributed by atoms with Gasteiger partial charge in [0.05, 0.1) is 51.8 Å².